The molecule has 74 valence electrons. The molecule has 0 saturated heterocycles. The molecule has 0 aliphatic rings. The minimum absolute atomic E-state index is 0.383. The summed E-state index contributed by atoms with van der Waals surface area (Å²) in [4.78, 5) is 0. The van der Waals surface area contributed by atoms with Crippen LogP contribution in [0.5, 0.6) is 0 Å². The predicted molar refractivity (Wildman–Crippen MR) is 54.0 cm³/mol. The third-order valence-corrected chi connectivity index (χ3v) is 2.40. The Bertz CT molecular complexity index is 260. The predicted octanol–water partition coefficient (Wildman–Crippen LogP) is 2.56. The number of aryl methyl sites for hydroxylation is 1. The zero-order chi connectivity index (χ0) is 9.68. The maximum Gasteiger partial charge on any atom is 0.102 e. The molecule has 1 rings (SSSR count). The fraction of sp³-hybridized carbons (Fsp3) is 0.750. The van der Waals surface area contributed by atoms with Crippen LogP contribution in [0.3, 0.4) is 0 Å². The SMILES string of the molecule is CCCCn1nnc(CCl)c1CCl. The molecule has 0 unspecified atom stereocenters. The van der Waals surface area contributed by atoms with E-state index in [1.807, 2.05) is 4.68 Å². The molecule has 1 heterocycles. The van der Waals surface area contributed by atoms with E-state index in [2.05, 4.69) is 17.2 Å². The van der Waals surface area contributed by atoms with E-state index in [-0.39, 0.29) is 0 Å². The van der Waals surface area contributed by atoms with Crippen molar-refractivity contribution in [1.82, 2.24) is 15.0 Å². The largest absolute Gasteiger partial charge is 0.248 e. The van der Waals surface area contributed by atoms with Crippen LogP contribution < -0.4 is 0 Å². The van der Waals surface area contributed by atoms with Crippen molar-refractivity contribution in [2.75, 3.05) is 0 Å². The first kappa shape index (κ1) is 10.8. The van der Waals surface area contributed by atoms with Crippen molar-refractivity contribution in [2.45, 2.75) is 38.1 Å². The summed E-state index contributed by atoms with van der Waals surface area (Å²) in [6.07, 6.45) is 2.23. The van der Waals surface area contributed by atoms with Crippen LogP contribution in [0, 0.1) is 0 Å². The van der Waals surface area contributed by atoms with Crippen molar-refractivity contribution < 1.29 is 0 Å². The van der Waals surface area contributed by atoms with Gasteiger partial charge in [-0.05, 0) is 6.42 Å². The quantitative estimate of drug-likeness (QED) is 0.716. The standard InChI is InChI=1S/C8H13Cl2N3/c1-2-3-4-13-8(6-10)7(5-9)11-12-13/h2-6H2,1H3. The van der Waals surface area contributed by atoms with Crippen LogP contribution in [0.15, 0.2) is 0 Å². The number of hydrogen-bond acceptors (Lipinski definition) is 2. The van der Waals surface area contributed by atoms with Gasteiger partial charge in [-0.15, -0.1) is 28.3 Å². The summed E-state index contributed by atoms with van der Waals surface area (Å²) >= 11 is 11.5. The minimum atomic E-state index is 0.383. The van der Waals surface area contributed by atoms with Crippen molar-refractivity contribution in [2.24, 2.45) is 0 Å². The topological polar surface area (TPSA) is 30.7 Å². The van der Waals surface area contributed by atoms with Gasteiger partial charge in [-0.25, -0.2) is 4.68 Å². The Morgan fingerprint density at radius 2 is 2.08 bits per heavy atom. The Morgan fingerprint density at radius 3 is 2.62 bits per heavy atom. The molecule has 0 fully saturated rings. The van der Waals surface area contributed by atoms with Crippen LogP contribution in [-0.2, 0) is 18.3 Å². The Balaban J connectivity index is 2.75. The second-order valence-electron chi connectivity index (χ2n) is 2.83. The van der Waals surface area contributed by atoms with Crippen LogP contribution in [0.4, 0.5) is 0 Å². The summed E-state index contributed by atoms with van der Waals surface area (Å²) in [5.74, 6) is 0.812. The Morgan fingerprint density at radius 1 is 1.31 bits per heavy atom. The van der Waals surface area contributed by atoms with E-state index in [0.29, 0.717) is 11.8 Å². The van der Waals surface area contributed by atoms with Gasteiger partial charge in [0.05, 0.1) is 17.5 Å². The lowest BCUT2D eigenvalue weighted by atomic mass is 10.3. The molecule has 5 heteroatoms. The molecule has 0 aliphatic heterocycles. The molecule has 0 atom stereocenters. The molecule has 0 aromatic carbocycles. The van der Waals surface area contributed by atoms with E-state index >= 15 is 0 Å². The number of nitrogens with zero attached hydrogens (tertiary/aromatic N) is 3. The Hall–Kier alpha value is -0.280. The van der Waals surface area contributed by atoms with E-state index in [1.165, 1.54) is 0 Å². The molecule has 1 aromatic heterocycles. The van der Waals surface area contributed by atoms with Gasteiger partial charge >= 0.3 is 0 Å². The molecule has 0 spiro atoms. The van der Waals surface area contributed by atoms with Crippen molar-refractivity contribution in [3.8, 4) is 0 Å². The van der Waals surface area contributed by atoms with Crippen LogP contribution in [0.1, 0.15) is 31.2 Å². The fourth-order valence-electron chi connectivity index (χ4n) is 1.11. The summed E-state index contributed by atoms with van der Waals surface area (Å²) in [6.45, 7) is 3.02. The maximum atomic E-state index is 5.78. The average molecular weight is 222 g/mol. The number of rotatable bonds is 5. The molecule has 0 N–H and O–H groups in total. The average Bonchev–Trinajstić information content (AvgIpc) is 2.56. The first-order chi connectivity index (χ1) is 6.33. The molecule has 13 heavy (non-hydrogen) atoms. The second kappa shape index (κ2) is 5.45. The molecule has 0 amide bonds. The highest BCUT2D eigenvalue weighted by Crippen LogP contribution is 2.11. The first-order valence-electron chi connectivity index (χ1n) is 4.36. The molecule has 3 nitrogen and oxygen atoms in total. The van der Waals surface area contributed by atoms with Gasteiger partial charge in [-0.1, -0.05) is 18.6 Å². The van der Waals surface area contributed by atoms with Crippen LogP contribution in [0.2, 0.25) is 0 Å². The second-order valence-corrected chi connectivity index (χ2v) is 3.36. The lowest BCUT2D eigenvalue weighted by molar-refractivity contribution is 0.540. The molecule has 1 aromatic rings. The van der Waals surface area contributed by atoms with Gasteiger partial charge < -0.3 is 0 Å². The van der Waals surface area contributed by atoms with Gasteiger partial charge in [0, 0.05) is 6.54 Å². The van der Waals surface area contributed by atoms with Crippen LogP contribution >= 0.6 is 23.2 Å². The van der Waals surface area contributed by atoms with Crippen molar-refractivity contribution in [1.29, 1.82) is 0 Å². The summed E-state index contributed by atoms with van der Waals surface area (Å²) in [5.41, 5.74) is 1.75. The van der Waals surface area contributed by atoms with Crippen LogP contribution in [0.25, 0.3) is 0 Å². The maximum absolute atomic E-state index is 5.78. The molecule has 0 aliphatic carbocycles. The third-order valence-electron chi connectivity index (χ3n) is 1.89. The highest BCUT2D eigenvalue weighted by Gasteiger charge is 2.09. The summed E-state index contributed by atoms with van der Waals surface area (Å²) in [6, 6.07) is 0. The van der Waals surface area contributed by atoms with Crippen molar-refractivity contribution in [3.05, 3.63) is 11.4 Å². The zero-order valence-electron chi connectivity index (χ0n) is 7.63. The van der Waals surface area contributed by atoms with Gasteiger partial charge in [-0.2, -0.15) is 0 Å². The van der Waals surface area contributed by atoms with E-state index in [9.17, 15) is 0 Å². The molecular formula is C8H13Cl2N3. The summed E-state index contributed by atoms with van der Waals surface area (Å²) in [7, 11) is 0. The van der Waals surface area contributed by atoms with Crippen molar-refractivity contribution >= 4 is 23.2 Å². The molecule has 0 bridgehead atoms. The van der Waals surface area contributed by atoms with Crippen molar-refractivity contribution in [3.63, 3.8) is 0 Å². The van der Waals surface area contributed by atoms with Gasteiger partial charge in [0.25, 0.3) is 0 Å². The lowest BCUT2D eigenvalue weighted by Crippen LogP contribution is -2.04. The van der Waals surface area contributed by atoms with E-state index < -0.39 is 0 Å². The highest BCUT2D eigenvalue weighted by molar-refractivity contribution is 6.18. The zero-order valence-corrected chi connectivity index (χ0v) is 9.14. The third kappa shape index (κ3) is 2.58. The number of hydrogen-bond donors (Lipinski definition) is 0. The van der Waals surface area contributed by atoms with Gasteiger partial charge in [-0.3, -0.25) is 0 Å². The Kier molecular flexibility index (Phi) is 4.53. The molecule has 0 radical (unpaired) electrons. The number of unbranched alkanes of at least 4 members (excludes halogenated alkanes) is 1. The van der Waals surface area contributed by atoms with Gasteiger partial charge in [0.2, 0.25) is 0 Å². The number of aromatic nitrogens is 3. The minimum Gasteiger partial charge on any atom is -0.248 e. The smallest absolute Gasteiger partial charge is 0.102 e. The van der Waals surface area contributed by atoms with Crippen LogP contribution in [-0.4, -0.2) is 15.0 Å². The lowest BCUT2D eigenvalue weighted by Gasteiger charge is -2.02. The molecule has 0 saturated carbocycles. The Labute approximate surface area is 88.0 Å². The monoisotopic (exact) mass is 221 g/mol. The van der Waals surface area contributed by atoms with Gasteiger partial charge in [0.15, 0.2) is 0 Å². The first-order valence-corrected chi connectivity index (χ1v) is 5.43. The van der Waals surface area contributed by atoms with E-state index in [4.69, 9.17) is 23.2 Å². The fourth-order valence-corrected chi connectivity index (χ4v) is 1.61. The number of alkyl halides is 2. The highest BCUT2D eigenvalue weighted by atomic mass is 35.5. The number of halogens is 2. The normalized spacial score (nSPS) is 10.7. The summed E-state index contributed by atoms with van der Waals surface area (Å²) in [5, 5.41) is 7.95. The van der Waals surface area contributed by atoms with E-state index in [1.54, 1.807) is 0 Å². The van der Waals surface area contributed by atoms with Gasteiger partial charge in [0.1, 0.15) is 5.69 Å². The summed E-state index contributed by atoms with van der Waals surface area (Å²) < 4.78 is 1.84. The molecular weight excluding hydrogens is 209 g/mol. The van der Waals surface area contributed by atoms with E-state index in [0.717, 1.165) is 30.8 Å².